The van der Waals surface area contributed by atoms with Crippen LogP contribution in [0.3, 0.4) is 0 Å². The van der Waals surface area contributed by atoms with Gasteiger partial charge in [0.15, 0.2) is 0 Å². The molecule has 1 aromatic rings. The highest BCUT2D eigenvalue weighted by atomic mass is 79.9. The van der Waals surface area contributed by atoms with Crippen LogP contribution in [0.15, 0.2) is 22.7 Å². The second-order valence-electron chi connectivity index (χ2n) is 5.01. The lowest BCUT2D eigenvalue weighted by molar-refractivity contribution is 0.0508. The fraction of sp³-hybridized carbons (Fsp3) is 0.462. The molecule has 0 unspecified atom stereocenters. The van der Waals surface area contributed by atoms with Gasteiger partial charge in [-0.3, -0.25) is 0 Å². The van der Waals surface area contributed by atoms with E-state index >= 15 is 0 Å². The van der Waals surface area contributed by atoms with Crippen LogP contribution in [0.4, 0.5) is 4.79 Å². The van der Waals surface area contributed by atoms with Gasteiger partial charge in [-0.05, 0) is 55.3 Å². The van der Waals surface area contributed by atoms with E-state index in [1.807, 2.05) is 39.8 Å². The first kappa shape index (κ1) is 15.3. The van der Waals surface area contributed by atoms with Crippen LogP contribution in [0.1, 0.15) is 39.3 Å². The Morgan fingerprint density at radius 3 is 2.61 bits per heavy atom. The zero-order chi connectivity index (χ0) is 13.9. The van der Waals surface area contributed by atoms with Gasteiger partial charge in [0, 0.05) is 4.47 Å². The smallest absolute Gasteiger partial charge is 0.408 e. The molecule has 1 N–H and O–H groups in total. The summed E-state index contributed by atoms with van der Waals surface area (Å²) >= 11 is 9.42. The van der Waals surface area contributed by atoms with Gasteiger partial charge in [0.25, 0.3) is 0 Å². The highest BCUT2D eigenvalue weighted by molar-refractivity contribution is 9.10. The number of hydrogen-bond acceptors (Lipinski definition) is 2. The summed E-state index contributed by atoms with van der Waals surface area (Å²) in [6, 6.07) is 5.34. The van der Waals surface area contributed by atoms with E-state index < -0.39 is 11.7 Å². The molecule has 18 heavy (non-hydrogen) atoms. The van der Waals surface area contributed by atoms with E-state index in [-0.39, 0.29) is 6.04 Å². The number of amides is 1. The van der Waals surface area contributed by atoms with E-state index in [4.69, 9.17) is 16.3 Å². The highest BCUT2D eigenvalue weighted by Crippen LogP contribution is 2.30. The van der Waals surface area contributed by atoms with Crippen molar-refractivity contribution in [3.05, 3.63) is 33.3 Å². The van der Waals surface area contributed by atoms with Crippen molar-refractivity contribution in [2.24, 2.45) is 0 Å². The van der Waals surface area contributed by atoms with Crippen LogP contribution < -0.4 is 5.32 Å². The Morgan fingerprint density at radius 2 is 2.06 bits per heavy atom. The molecule has 5 heteroatoms. The van der Waals surface area contributed by atoms with Crippen molar-refractivity contribution >= 4 is 33.6 Å². The molecule has 0 bridgehead atoms. The Morgan fingerprint density at radius 1 is 1.44 bits per heavy atom. The number of ether oxygens (including phenoxy) is 1. The van der Waals surface area contributed by atoms with Gasteiger partial charge in [-0.25, -0.2) is 4.79 Å². The summed E-state index contributed by atoms with van der Waals surface area (Å²) in [5.41, 5.74) is 0.406. The first-order chi connectivity index (χ1) is 8.20. The summed E-state index contributed by atoms with van der Waals surface area (Å²) in [5.74, 6) is 0. The molecule has 1 atom stereocenters. The number of nitrogens with one attached hydrogen (secondary N) is 1. The van der Waals surface area contributed by atoms with Gasteiger partial charge in [0.1, 0.15) is 5.60 Å². The van der Waals surface area contributed by atoms with Gasteiger partial charge in [0.05, 0.1) is 11.1 Å². The normalized spacial score (nSPS) is 13.0. The van der Waals surface area contributed by atoms with Gasteiger partial charge in [-0.1, -0.05) is 23.7 Å². The third-order valence-electron chi connectivity index (χ3n) is 2.18. The standard InChI is InChI=1S/C13H17BrClNO2/c1-8(16-12(17)18-13(2,3)4)9-6-5-7-10(15)11(9)14/h5-8H,1-4H3,(H,16,17)/t8-/m0/s1. The number of benzene rings is 1. The van der Waals surface area contributed by atoms with E-state index in [9.17, 15) is 4.79 Å². The molecular weight excluding hydrogens is 318 g/mol. The average Bonchev–Trinajstić information content (AvgIpc) is 2.18. The molecule has 0 aliphatic carbocycles. The minimum atomic E-state index is -0.505. The van der Waals surface area contributed by atoms with Crippen molar-refractivity contribution in [3.63, 3.8) is 0 Å². The van der Waals surface area contributed by atoms with Gasteiger partial charge in [0.2, 0.25) is 0 Å². The molecule has 0 heterocycles. The van der Waals surface area contributed by atoms with Crippen LogP contribution >= 0.6 is 27.5 Å². The van der Waals surface area contributed by atoms with Crippen LogP contribution in [0.2, 0.25) is 5.02 Å². The van der Waals surface area contributed by atoms with Crippen molar-refractivity contribution in [2.75, 3.05) is 0 Å². The molecule has 0 fully saturated rings. The average molecular weight is 335 g/mol. The van der Waals surface area contributed by atoms with Crippen LogP contribution in [0.5, 0.6) is 0 Å². The number of carbonyl (C=O) groups is 1. The molecular formula is C13H17BrClNO2. The highest BCUT2D eigenvalue weighted by Gasteiger charge is 2.19. The summed E-state index contributed by atoms with van der Waals surface area (Å²) < 4.78 is 5.99. The lowest BCUT2D eigenvalue weighted by Gasteiger charge is -2.22. The van der Waals surface area contributed by atoms with E-state index in [0.717, 1.165) is 10.0 Å². The van der Waals surface area contributed by atoms with Crippen molar-refractivity contribution in [2.45, 2.75) is 39.3 Å². The Kier molecular flexibility index (Phi) is 5.05. The maximum absolute atomic E-state index is 11.7. The van der Waals surface area contributed by atoms with Crippen LogP contribution in [0.25, 0.3) is 0 Å². The number of carbonyl (C=O) groups excluding carboxylic acids is 1. The summed E-state index contributed by atoms with van der Waals surface area (Å²) in [6.07, 6.45) is -0.443. The fourth-order valence-electron chi connectivity index (χ4n) is 1.42. The Balaban J connectivity index is 2.74. The van der Waals surface area contributed by atoms with Gasteiger partial charge >= 0.3 is 6.09 Å². The van der Waals surface area contributed by atoms with Crippen LogP contribution in [-0.2, 0) is 4.74 Å². The van der Waals surface area contributed by atoms with Gasteiger partial charge in [-0.2, -0.15) is 0 Å². The second kappa shape index (κ2) is 5.93. The quantitative estimate of drug-likeness (QED) is 0.852. The van der Waals surface area contributed by atoms with Crippen molar-refractivity contribution in [1.82, 2.24) is 5.32 Å². The minimum Gasteiger partial charge on any atom is -0.444 e. The predicted molar refractivity (Wildman–Crippen MR) is 76.9 cm³/mol. The largest absolute Gasteiger partial charge is 0.444 e. The molecule has 1 rings (SSSR count). The maximum Gasteiger partial charge on any atom is 0.408 e. The van der Waals surface area contributed by atoms with E-state index in [1.54, 1.807) is 6.07 Å². The Labute approximate surface area is 121 Å². The number of halogens is 2. The van der Waals surface area contributed by atoms with E-state index in [0.29, 0.717) is 5.02 Å². The topological polar surface area (TPSA) is 38.3 Å². The lowest BCUT2D eigenvalue weighted by atomic mass is 10.1. The third kappa shape index (κ3) is 4.50. The molecule has 100 valence electrons. The SMILES string of the molecule is C[C@H](NC(=O)OC(C)(C)C)c1cccc(Cl)c1Br. The zero-order valence-corrected chi connectivity index (χ0v) is 13.2. The van der Waals surface area contributed by atoms with E-state index in [1.165, 1.54) is 0 Å². The molecule has 0 saturated carbocycles. The molecule has 0 saturated heterocycles. The number of alkyl carbamates (subject to hydrolysis) is 1. The van der Waals surface area contributed by atoms with E-state index in [2.05, 4.69) is 21.2 Å². The van der Waals surface area contributed by atoms with Crippen molar-refractivity contribution in [3.8, 4) is 0 Å². The molecule has 1 amide bonds. The Hall–Kier alpha value is -0.740. The molecule has 0 aromatic heterocycles. The molecule has 0 spiro atoms. The third-order valence-corrected chi connectivity index (χ3v) is 3.61. The lowest BCUT2D eigenvalue weighted by Crippen LogP contribution is -2.34. The summed E-state index contributed by atoms with van der Waals surface area (Å²) in [5, 5.41) is 3.39. The van der Waals surface area contributed by atoms with Crippen LogP contribution in [0, 0.1) is 0 Å². The molecule has 0 radical (unpaired) electrons. The molecule has 1 aromatic carbocycles. The monoisotopic (exact) mass is 333 g/mol. The molecule has 0 aliphatic heterocycles. The van der Waals surface area contributed by atoms with Gasteiger partial charge < -0.3 is 10.1 Å². The molecule has 3 nitrogen and oxygen atoms in total. The van der Waals surface area contributed by atoms with Crippen LogP contribution in [-0.4, -0.2) is 11.7 Å². The second-order valence-corrected chi connectivity index (χ2v) is 6.21. The summed E-state index contributed by atoms with van der Waals surface area (Å²) in [4.78, 5) is 11.7. The summed E-state index contributed by atoms with van der Waals surface area (Å²) in [6.45, 7) is 7.35. The Bertz CT molecular complexity index is 443. The number of hydrogen-bond donors (Lipinski definition) is 1. The molecule has 0 aliphatic rings. The zero-order valence-electron chi connectivity index (χ0n) is 10.9. The minimum absolute atomic E-state index is 0.187. The predicted octanol–water partition coefficient (Wildman–Crippen LogP) is 4.69. The first-order valence-corrected chi connectivity index (χ1v) is 6.81. The van der Waals surface area contributed by atoms with Crippen molar-refractivity contribution < 1.29 is 9.53 Å². The maximum atomic E-state index is 11.7. The number of rotatable bonds is 2. The van der Waals surface area contributed by atoms with Gasteiger partial charge in [-0.15, -0.1) is 0 Å². The first-order valence-electron chi connectivity index (χ1n) is 5.64. The summed E-state index contributed by atoms with van der Waals surface area (Å²) in [7, 11) is 0. The van der Waals surface area contributed by atoms with Crippen molar-refractivity contribution in [1.29, 1.82) is 0 Å². The fourth-order valence-corrected chi connectivity index (χ4v) is 2.21.